The summed E-state index contributed by atoms with van der Waals surface area (Å²) in [7, 11) is 0. The van der Waals surface area contributed by atoms with Crippen molar-refractivity contribution in [2.45, 2.75) is 64.9 Å². The van der Waals surface area contributed by atoms with Crippen LogP contribution in [0.3, 0.4) is 0 Å². The Balaban J connectivity index is 1.79. The van der Waals surface area contributed by atoms with Gasteiger partial charge in [0.05, 0.1) is 0 Å². The number of hydrogen-bond donors (Lipinski definition) is 0. The molecule has 20 heavy (non-hydrogen) atoms. The Hall–Kier alpha value is -0.830. The standard InChI is InChI=1S/C16H23ClN2O/c1-9-6-10(2)8-13(7-9)20-16-11(3)14(17)18-15(19-16)12-4-5-12/h9-10,12-13H,4-8H2,1-3H3. The molecule has 0 amide bonds. The second-order valence-electron chi connectivity index (χ2n) is 6.73. The van der Waals surface area contributed by atoms with Gasteiger partial charge in [-0.15, -0.1) is 0 Å². The van der Waals surface area contributed by atoms with Crippen LogP contribution in [0, 0.1) is 18.8 Å². The van der Waals surface area contributed by atoms with Crippen LogP contribution < -0.4 is 4.74 Å². The van der Waals surface area contributed by atoms with Gasteiger partial charge in [0.15, 0.2) is 0 Å². The summed E-state index contributed by atoms with van der Waals surface area (Å²) in [5.74, 6) is 3.53. The summed E-state index contributed by atoms with van der Waals surface area (Å²) < 4.78 is 6.19. The van der Waals surface area contributed by atoms with E-state index in [-0.39, 0.29) is 6.10 Å². The van der Waals surface area contributed by atoms with Crippen molar-refractivity contribution < 1.29 is 4.74 Å². The Morgan fingerprint density at radius 2 is 1.70 bits per heavy atom. The first-order valence-corrected chi connectivity index (χ1v) is 8.11. The number of hydrogen-bond acceptors (Lipinski definition) is 3. The van der Waals surface area contributed by atoms with Crippen molar-refractivity contribution in [2.24, 2.45) is 11.8 Å². The molecule has 2 atom stereocenters. The molecule has 2 aliphatic carbocycles. The van der Waals surface area contributed by atoms with E-state index < -0.39 is 0 Å². The SMILES string of the molecule is Cc1c(Cl)nc(C2CC2)nc1OC1CC(C)CC(C)C1. The summed E-state index contributed by atoms with van der Waals surface area (Å²) in [5.41, 5.74) is 0.877. The van der Waals surface area contributed by atoms with E-state index in [0.717, 1.165) is 36.1 Å². The maximum absolute atomic E-state index is 6.23. The summed E-state index contributed by atoms with van der Waals surface area (Å²) in [6.45, 7) is 6.56. The predicted molar refractivity (Wildman–Crippen MR) is 80.3 cm³/mol. The minimum Gasteiger partial charge on any atom is -0.474 e. The average Bonchev–Trinajstić information content (AvgIpc) is 3.17. The van der Waals surface area contributed by atoms with Crippen LogP contribution in [0.1, 0.15) is 63.3 Å². The number of nitrogens with zero attached hydrogens (tertiary/aromatic N) is 2. The van der Waals surface area contributed by atoms with Crippen LogP contribution in [0.4, 0.5) is 0 Å². The summed E-state index contributed by atoms with van der Waals surface area (Å²) in [6, 6.07) is 0. The molecular formula is C16H23ClN2O. The van der Waals surface area contributed by atoms with Crippen LogP contribution in [-0.2, 0) is 0 Å². The van der Waals surface area contributed by atoms with Gasteiger partial charge in [-0.25, -0.2) is 4.98 Å². The molecule has 2 unspecified atom stereocenters. The van der Waals surface area contributed by atoms with E-state index in [2.05, 4.69) is 23.8 Å². The van der Waals surface area contributed by atoms with Gasteiger partial charge in [-0.2, -0.15) is 4.98 Å². The molecule has 0 saturated heterocycles. The Morgan fingerprint density at radius 1 is 1.05 bits per heavy atom. The second-order valence-corrected chi connectivity index (χ2v) is 7.09. The largest absolute Gasteiger partial charge is 0.474 e. The summed E-state index contributed by atoms with van der Waals surface area (Å²) in [6.07, 6.45) is 6.16. The molecule has 0 aliphatic heterocycles. The van der Waals surface area contributed by atoms with Gasteiger partial charge in [0.25, 0.3) is 0 Å². The van der Waals surface area contributed by atoms with Crippen molar-refractivity contribution in [3.63, 3.8) is 0 Å². The van der Waals surface area contributed by atoms with E-state index in [1.165, 1.54) is 19.3 Å². The zero-order valence-corrected chi connectivity index (χ0v) is 13.3. The summed E-state index contributed by atoms with van der Waals surface area (Å²) in [5, 5.41) is 0.550. The summed E-state index contributed by atoms with van der Waals surface area (Å²) >= 11 is 6.23. The lowest BCUT2D eigenvalue weighted by Crippen LogP contribution is -2.29. The van der Waals surface area contributed by atoms with Gasteiger partial charge in [0, 0.05) is 11.5 Å². The topological polar surface area (TPSA) is 35.0 Å². The van der Waals surface area contributed by atoms with E-state index in [0.29, 0.717) is 17.0 Å². The first-order chi connectivity index (χ1) is 9.52. The second kappa shape index (κ2) is 5.51. The lowest BCUT2D eigenvalue weighted by molar-refractivity contribution is 0.0956. The fraction of sp³-hybridized carbons (Fsp3) is 0.750. The smallest absolute Gasteiger partial charge is 0.221 e. The molecule has 2 aliphatic rings. The first kappa shape index (κ1) is 14.1. The minimum atomic E-state index is 0.269. The van der Waals surface area contributed by atoms with Crippen molar-refractivity contribution in [1.29, 1.82) is 0 Å². The molecule has 2 saturated carbocycles. The molecule has 3 rings (SSSR count). The van der Waals surface area contributed by atoms with Crippen molar-refractivity contribution in [1.82, 2.24) is 9.97 Å². The van der Waals surface area contributed by atoms with Crippen LogP contribution in [0.5, 0.6) is 5.88 Å². The fourth-order valence-corrected chi connectivity index (χ4v) is 3.42. The van der Waals surface area contributed by atoms with Crippen LogP contribution in [0.2, 0.25) is 5.15 Å². The molecule has 0 N–H and O–H groups in total. The molecule has 0 aromatic carbocycles. The Morgan fingerprint density at radius 3 is 2.30 bits per heavy atom. The van der Waals surface area contributed by atoms with E-state index >= 15 is 0 Å². The van der Waals surface area contributed by atoms with Crippen molar-refractivity contribution in [3.8, 4) is 5.88 Å². The van der Waals surface area contributed by atoms with Gasteiger partial charge in [0.1, 0.15) is 17.1 Å². The zero-order valence-electron chi connectivity index (χ0n) is 12.5. The molecule has 0 spiro atoms. The van der Waals surface area contributed by atoms with Gasteiger partial charge in [-0.1, -0.05) is 25.4 Å². The van der Waals surface area contributed by atoms with E-state index in [1.54, 1.807) is 0 Å². The summed E-state index contributed by atoms with van der Waals surface area (Å²) in [4.78, 5) is 9.01. The molecule has 1 heterocycles. The molecule has 4 heteroatoms. The maximum atomic E-state index is 6.23. The zero-order chi connectivity index (χ0) is 14.3. The van der Waals surface area contributed by atoms with E-state index in [4.69, 9.17) is 16.3 Å². The third-order valence-electron chi connectivity index (χ3n) is 4.42. The normalized spacial score (nSPS) is 30.3. The third-order valence-corrected chi connectivity index (χ3v) is 4.78. The highest BCUT2D eigenvalue weighted by Gasteiger charge is 2.30. The molecule has 3 nitrogen and oxygen atoms in total. The lowest BCUT2D eigenvalue weighted by Gasteiger charge is -2.31. The molecule has 1 aromatic rings. The molecular weight excluding hydrogens is 272 g/mol. The first-order valence-electron chi connectivity index (χ1n) is 7.73. The number of rotatable bonds is 3. The number of halogens is 1. The average molecular weight is 295 g/mol. The molecule has 0 radical (unpaired) electrons. The van der Waals surface area contributed by atoms with Gasteiger partial charge >= 0.3 is 0 Å². The molecule has 110 valence electrons. The van der Waals surface area contributed by atoms with Crippen LogP contribution in [0.15, 0.2) is 0 Å². The van der Waals surface area contributed by atoms with Crippen LogP contribution >= 0.6 is 11.6 Å². The highest BCUT2D eigenvalue weighted by Crippen LogP contribution is 2.40. The molecule has 1 aromatic heterocycles. The van der Waals surface area contributed by atoms with Crippen LogP contribution in [0.25, 0.3) is 0 Å². The fourth-order valence-electron chi connectivity index (χ4n) is 3.25. The quantitative estimate of drug-likeness (QED) is 0.769. The highest BCUT2D eigenvalue weighted by molar-refractivity contribution is 6.30. The number of aromatic nitrogens is 2. The molecule has 0 bridgehead atoms. The Kier molecular flexibility index (Phi) is 3.89. The van der Waals surface area contributed by atoms with E-state index in [9.17, 15) is 0 Å². The monoisotopic (exact) mass is 294 g/mol. The van der Waals surface area contributed by atoms with E-state index in [1.807, 2.05) is 6.92 Å². The minimum absolute atomic E-state index is 0.269. The number of ether oxygens (including phenoxy) is 1. The van der Waals surface area contributed by atoms with Gasteiger partial charge in [-0.05, 0) is 50.9 Å². The van der Waals surface area contributed by atoms with Gasteiger partial charge < -0.3 is 4.74 Å². The van der Waals surface area contributed by atoms with Crippen molar-refractivity contribution in [3.05, 3.63) is 16.5 Å². The van der Waals surface area contributed by atoms with Crippen LogP contribution in [-0.4, -0.2) is 16.1 Å². The third kappa shape index (κ3) is 3.08. The van der Waals surface area contributed by atoms with Crippen molar-refractivity contribution >= 4 is 11.6 Å². The predicted octanol–water partition coefficient (Wildman–Crippen LogP) is 4.52. The van der Waals surface area contributed by atoms with Gasteiger partial charge in [-0.3, -0.25) is 0 Å². The highest BCUT2D eigenvalue weighted by atomic mass is 35.5. The lowest BCUT2D eigenvalue weighted by atomic mass is 9.82. The van der Waals surface area contributed by atoms with Crippen molar-refractivity contribution in [2.75, 3.05) is 0 Å². The maximum Gasteiger partial charge on any atom is 0.221 e. The molecule has 2 fully saturated rings. The van der Waals surface area contributed by atoms with Gasteiger partial charge in [0.2, 0.25) is 5.88 Å². The Bertz CT molecular complexity index is 491. The Labute approximate surface area is 126 Å².